The van der Waals surface area contributed by atoms with Gasteiger partial charge in [0.2, 0.25) is 0 Å². The van der Waals surface area contributed by atoms with Crippen LogP contribution in [0.15, 0.2) is 84.9 Å². The Bertz CT molecular complexity index is 919. The molecular formula is C25H23NO. The van der Waals surface area contributed by atoms with Gasteiger partial charge >= 0.3 is 0 Å². The number of carbonyl (C=O) groups excluding carboxylic acids is 1. The van der Waals surface area contributed by atoms with Gasteiger partial charge in [0, 0.05) is 24.6 Å². The first-order chi connectivity index (χ1) is 13.2. The lowest BCUT2D eigenvalue weighted by Gasteiger charge is -2.20. The Morgan fingerprint density at radius 2 is 1.41 bits per heavy atom. The second-order valence-corrected chi connectivity index (χ2v) is 6.56. The Morgan fingerprint density at radius 3 is 2.04 bits per heavy atom. The van der Waals surface area contributed by atoms with Gasteiger partial charge in [-0.3, -0.25) is 4.79 Å². The zero-order valence-corrected chi connectivity index (χ0v) is 15.6. The molecule has 0 atom stereocenters. The lowest BCUT2D eigenvalue weighted by Crippen LogP contribution is -2.31. The standard InChI is InChI=1S/C25H23NO/c1-21-12-14-23(15-13-21)16-17-25(27)26(20-24-10-6-3-7-11-24)19-18-22-8-4-2-5-9-22/h2-15H,18-20H2,1H3. The van der Waals surface area contributed by atoms with Crippen LogP contribution in [0.1, 0.15) is 22.3 Å². The van der Waals surface area contributed by atoms with Gasteiger partial charge in [0.15, 0.2) is 0 Å². The average molecular weight is 353 g/mol. The van der Waals surface area contributed by atoms with Gasteiger partial charge in [0.25, 0.3) is 5.91 Å². The summed E-state index contributed by atoms with van der Waals surface area (Å²) in [6, 6.07) is 28.2. The molecule has 0 aliphatic heterocycles. The summed E-state index contributed by atoms with van der Waals surface area (Å²) in [7, 11) is 0. The largest absolute Gasteiger partial charge is 0.327 e. The van der Waals surface area contributed by atoms with Crippen LogP contribution in [0.5, 0.6) is 0 Å². The van der Waals surface area contributed by atoms with Gasteiger partial charge < -0.3 is 4.90 Å². The van der Waals surface area contributed by atoms with E-state index in [-0.39, 0.29) is 5.91 Å². The van der Waals surface area contributed by atoms with Crippen LogP contribution >= 0.6 is 0 Å². The highest BCUT2D eigenvalue weighted by molar-refractivity contribution is 5.94. The summed E-state index contributed by atoms with van der Waals surface area (Å²) in [6.45, 7) is 3.24. The van der Waals surface area contributed by atoms with E-state index in [1.54, 1.807) is 0 Å². The second-order valence-electron chi connectivity index (χ2n) is 6.56. The second kappa shape index (κ2) is 9.40. The third-order valence-electron chi connectivity index (χ3n) is 4.38. The number of hydrogen-bond donors (Lipinski definition) is 0. The van der Waals surface area contributed by atoms with Crippen molar-refractivity contribution < 1.29 is 4.79 Å². The molecule has 0 N–H and O–H groups in total. The normalized spacial score (nSPS) is 9.96. The third-order valence-corrected chi connectivity index (χ3v) is 4.38. The van der Waals surface area contributed by atoms with Crippen molar-refractivity contribution >= 4 is 5.91 Å². The Morgan fingerprint density at radius 1 is 0.815 bits per heavy atom. The van der Waals surface area contributed by atoms with E-state index >= 15 is 0 Å². The van der Waals surface area contributed by atoms with Crippen LogP contribution in [0.25, 0.3) is 0 Å². The molecule has 134 valence electrons. The molecule has 0 unspecified atom stereocenters. The summed E-state index contributed by atoms with van der Waals surface area (Å²) in [4.78, 5) is 14.6. The molecule has 0 radical (unpaired) electrons. The van der Waals surface area contributed by atoms with E-state index in [0.717, 1.165) is 17.5 Å². The quantitative estimate of drug-likeness (QED) is 0.613. The summed E-state index contributed by atoms with van der Waals surface area (Å²) in [6.07, 6.45) is 0.811. The molecule has 0 saturated carbocycles. The molecule has 3 aromatic carbocycles. The molecule has 0 saturated heterocycles. The van der Waals surface area contributed by atoms with Gasteiger partial charge in [0.1, 0.15) is 0 Å². The number of carbonyl (C=O) groups is 1. The predicted molar refractivity (Wildman–Crippen MR) is 110 cm³/mol. The predicted octanol–water partition coefficient (Wildman–Crippen LogP) is 4.62. The van der Waals surface area contributed by atoms with E-state index in [9.17, 15) is 4.79 Å². The molecule has 0 spiro atoms. The van der Waals surface area contributed by atoms with Crippen molar-refractivity contribution in [3.05, 3.63) is 107 Å². The van der Waals surface area contributed by atoms with Crippen LogP contribution in [-0.4, -0.2) is 17.4 Å². The number of benzene rings is 3. The van der Waals surface area contributed by atoms with E-state index in [1.165, 1.54) is 11.1 Å². The van der Waals surface area contributed by atoms with Crippen molar-refractivity contribution in [1.29, 1.82) is 0 Å². The van der Waals surface area contributed by atoms with Gasteiger partial charge in [-0.2, -0.15) is 0 Å². The van der Waals surface area contributed by atoms with Crippen LogP contribution in [0.3, 0.4) is 0 Å². The smallest absolute Gasteiger partial charge is 0.299 e. The van der Waals surface area contributed by atoms with E-state index in [1.807, 2.05) is 84.6 Å². The molecule has 1 amide bonds. The number of amides is 1. The highest BCUT2D eigenvalue weighted by Gasteiger charge is 2.12. The molecule has 0 aliphatic carbocycles. The van der Waals surface area contributed by atoms with Crippen LogP contribution in [0.4, 0.5) is 0 Å². The molecule has 0 heterocycles. The van der Waals surface area contributed by atoms with Crippen molar-refractivity contribution in [2.24, 2.45) is 0 Å². The van der Waals surface area contributed by atoms with E-state index in [0.29, 0.717) is 13.1 Å². The molecule has 2 nitrogen and oxygen atoms in total. The first kappa shape index (κ1) is 18.5. The Labute approximate surface area is 161 Å². The van der Waals surface area contributed by atoms with Crippen LogP contribution in [0, 0.1) is 18.8 Å². The van der Waals surface area contributed by atoms with E-state index in [2.05, 4.69) is 24.0 Å². The Balaban J connectivity index is 1.73. The minimum Gasteiger partial charge on any atom is -0.327 e. The summed E-state index contributed by atoms with van der Waals surface area (Å²) >= 11 is 0. The van der Waals surface area contributed by atoms with Crippen molar-refractivity contribution in [1.82, 2.24) is 4.90 Å². The molecule has 3 aromatic rings. The van der Waals surface area contributed by atoms with Gasteiger partial charge in [-0.25, -0.2) is 0 Å². The summed E-state index contributed by atoms with van der Waals surface area (Å²) < 4.78 is 0. The van der Waals surface area contributed by atoms with Gasteiger partial charge in [-0.15, -0.1) is 0 Å². The maximum Gasteiger partial charge on any atom is 0.299 e. The fourth-order valence-electron chi connectivity index (χ4n) is 2.81. The van der Waals surface area contributed by atoms with E-state index < -0.39 is 0 Å². The van der Waals surface area contributed by atoms with Crippen molar-refractivity contribution in [3.63, 3.8) is 0 Å². The molecule has 27 heavy (non-hydrogen) atoms. The SMILES string of the molecule is Cc1ccc(C#CC(=O)N(CCc2ccccc2)Cc2ccccc2)cc1. The number of hydrogen-bond acceptors (Lipinski definition) is 1. The summed E-state index contributed by atoms with van der Waals surface area (Å²) in [5.74, 6) is 5.66. The first-order valence-electron chi connectivity index (χ1n) is 9.16. The molecule has 0 aromatic heterocycles. The summed E-state index contributed by atoms with van der Waals surface area (Å²) in [5.41, 5.74) is 4.36. The molecule has 0 fully saturated rings. The minimum atomic E-state index is -0.143. The maximum absolute atomic E-state index is 12.8. The zero-order valence-electron chi connectivity index (χ0n) is 15.6. The average Bonchev–Trinajstić information content (AvgIpc) is 2.72. The molecule has 0 aliphatic rings. The monoisotopic (exact) mass is 353 g/mol. The molecule has 3 rings (SSSR count). The molecule has 2 heteroatoms. The Hall–Kier alpha value is -3.31. The topological polar surface area (TPSA) is 20.3 Å². The van der Waals surface area contributed by atoms with Crippen LogP contribution < -0.4 is 0 Å². The van der Waals surface area contributed by atoms with Gasteiger partial charge in [0.05, 0.1) is 0 Å². The first-order valence-corrected chi connectivity index (χ1v) is 9.16. The van der Waals surface area contributed by atoms with Crippen molar-refractivity contribution in [2.45, 2.75) is 19.9 Å². The van der Waals surface area contributed by atoms with Crippen molar-refractivity contribution in [2.75, 3.05) is 6.54 Å². The highest BCUT2D eigenvalue weighted by Crippen LogP contribution is 2.08. The number of aryl methyl sites for hydroxylation is 1. The highest BCUT2D eigenvalue weighted by atomic mass is 16.2. The lowest BCUT2D eigenvalue weighted by molar-refractivity contribution is -0.125. The maximum atomic E-state index is 12.8. The van der Waals surface area contributed by atoms with Crippen LogP contribution in [-0.2, 0) is 17.8 Å². The third kappa shape index (κ3) is 5.87. The summed E-state index contributed by atoms with van der Waals surface area (Å²) in [5, 5.41) is 0. The molecule has 0 bridgehead atoms. The van der Waals surface area contributed by atoms with E-state index in [4.69, 9.17) is 0 Å². The van der Waals surface area contributed by atoms with Crippen LogP contribution in [0.2, 0.25) is 0 Å². The minimum absolute atomic E-state index is 0.143. The Kier molecular flexibility index (Phi) is 6.44. The zero-order chi connectivity index (χ0) is 18.9. The van der Waals surface area contributed by atoms with Gasteiger partial charge in [-0.1, -0.05) is 84.3 Å². The fraction of sp³-hybridized carbons (Fsp3) is 0.160. The molecular weight excluding hydrogens is 330 g/mol. The number of nitrogens with zero attached hydrogens (tertiary/aromatic N) is 1. The number of rotatable bonds is 5. The van der Waals surface area contributed by atoms with Gasteiger partial charge in [-0.05, 0) is 36.6 Å². The fourth-order valence-corrected chi connectivity index (χ4v) is 2.81. The van der Waals surface area contributed by atoms with Crippen molar-refractivity contribution in [3.8, 4) is 11.8 Å². The lowest BCUT2D eigenvalue weighted by atomic mass is 10.1.